The fraction of sp³-hybridized carbons (Fsp3) is 0.333. The van der Waals surface area contributed by atoms with Crippen molar-refractivity contribution >= 4 is 15.5 Å². The Morgan fingerprint density at radius 1 is 1.43 bits per heavy atom. The number of para-hydroxylation sites is 1. The molecule has 5 heteroatoms. The van der Waals surface area contributed by atoms with Crippen LogP contribution in [0.3, 0.4) is 0 Å². The smallest absolute Gasteiger partial charge is 0.184 e. The summed E-state index contributed by atoms with van der Waals surface area (Å²) < 4.78 is 23.3. The van der Waals surface area contributed by atoms with Crippen LogP contribution in [0.4, 0.5) is 5.69 Å². The molecule has 0 aliphatic carbocycles. The van der Waals surface area contributed by atoms with E-state index in [0.29, 0.717) is 10.6 Å². The minimum Gasteiger partial charge on any atom is -0.373 e. The Hall–Kier alpha value is -1.07. The first-order valence-electron chi connectivity index (χ1n) is 4.25. The molecule has 1 aromatic rings. The van der Waals surface area contributed by atoms with E-state index in [-0.39, 0.29) is 5.75 Å². The van der Waals surface area contributed by atoms with Crippen LogP contribution in [0, 0.1) is 0 Å². The molecule has 0 fully saturated rings. The van der Waals surface area contributed by atoms with Crippen LogP contribution in [0.25, 0.3) is 0 Å². The molecule has 1 aliphatic rings. The molecule has 0 spiro atoms. The summed E-state index contributed by atoms with van der Waals surface area (Å²) in [4.78, 5) is 1.86. The number of rotatable bonds is 0. The van der Waals surface area contributed by atoms with Crippen molar-refractivity contribution in [3.05, 3.63) is 24.3 Å². The van der Waals surface area contributed by atoms with E-state index >= 15 is 0 Å². The Morgan fingerprint density at radius 3 is 2.79 bits per heavy atom. The largest absolute Gasteiger partial charge is 0.373 e. The molecule has 1 aliphatic heterocycles. The van der Waals surface area contributed by atoms with Gasteiger partial charge in [0.05, 0.1) is 16.3 Å². The van der Waals surface area contributed by atoms with Crippen molar-refractivity contribution in [3.63, 3.8) is 0 Å². The minimum atomic E-state index is -3.32. The molecule has 1 N–H and O–H groups in total. The van der Waals surface area contributed by atoms with Crippen molar-refractivity contribution in [2.45, 2.75) is 11.1 Å². The molecule has 0 bridgehead atoms. The predicted octanol–water partition coefficient (Wildman–Crippen LogP) is 0.229. The summed E-state index contributed by atoms with van der Waals surface area (Å²) in [6.07, 6.45) is -0.949. The third kappa shape index (κ3) is 1.29. The van der Waals surface area contributed by atoms with Gasteiger partial charge in [0.25, 0.3) is 0 Å². The fourth-order valence-electron chi connectivity index (χ4n) is 1.57. The second-order valence-corrected chi connectivity index (χ2v) is 5.34. The first-order valence-corrected chi connectivity index (χ1v) is 5.90. The highest BCUT2D eigenvalue weighted by Gasteiger charge is 2.32. The van der Waals surface area contributed by atoms with Crippen LogP contribution in [0.5, 0.6) is 0 Å². The van der Waals surface area contributed by atoms with Crippen molar-refractivity contribution in [2.24, 2.45) is 0 Å². The van der Waals surface area contributed by atoms with Gasteiger partial charge < -0.3 is 10.0 Å². The Bertz CT molecular complexity index is 455. The summed E-state index contributed by atoms with van der Waals surface area (Å²) in [6.45, 7) is 0. The van der Waals surface area contributed by atoms with Crippen LogP contribution >= 0.6 is 0 Å². The molecular weight excluding hydrogens is 202 g/mol. The molecule has 4 nitrogen and oxygen atoms in total. The number of benzene rings is 1. The molecule has 0 saturated carbocycles. The fourth-order valence-corrected chi connectivity index (χ4v) is 3.18. The number of aliphatic hydroxyl groups is 1. The molecule has 0 aromatic heterocycles. The standard InChI is InChI=1S/C9H11NO3S/c1-10-7-4-2-3-5-8(7)14(12,13)6-9(10)11/h2-5,9,11H,6H2,1H3. The zero-order chi connectivity index (χ0) is 10.3. The molecule has 14 heavy (non-hydrogen) atoms. The summed E-state index contributed by atoms with van der Waals surface area (Å²) in [5.74, 6) is -0.236. The molecule has 1 atom stereocenters. The molecule has 0 amide bonds. The van der Waals surface area contributed by atoms with Crippen LogP contribution in [0.15, 0.2) is 29.2 Å². The lowest BCUT2D eigenvalue weighted by Crippen LogP contribution is -2.42. The maximum Gasteiger partial charge on any atom is 0.184 e. The van der Waals surface area contributed by atoms with Crippen molar-refractivity contribution in [2.75, 3.05) is 17.7 Å². The highest BCUT2D eigenvalue weighted by Crippen LogP contribution is 2.30. The SMILES string of the molecule is CN1c2ccccc2S(=O)(=O)CC1O. The maximum atomic E-state index is 11.6. The zero-order valence-electron chi connectivity index (χ0n) is 7.71. The summed E-state index contributed by atoms with van der Waals surface area (Å²) in [5, 5.41) is 9.51. The lowest BCUT2D eigenvalue weighted by molar-refractivity contribution is 0.194. The number of aliphatic hydroxyl groups excluding tert-OH is 1. The van der Waals surface area contributed by atoms with Crippen molar-refractivity contribution < 1.29 is 13.5 Å². The number of hydrogen-bond acceptors (Lipinski definition) is 4. The Balaban J connectivity index is 2.68. The second kappa shape index (κ2) is 2.96. The average molecular weight is 213 g/mol. The van der Waals surface area contributed by atoms with Crippen LogP contribution in [0.1, 0.15) is 0 Å². The first-order chi connectivity index (χ1) is 6.52. The van der Waals surface area contributed by atoms with Gasteiger partial charge in [-0.1, -0.05) is 12.1 Å². The summed E-state index contributed by atoms with van der Waals surface area (Å²) in [5.41, 5.74) is 0.561. The number of fused-ring (bicyclic) bond motifs is 1. The highest BCUT2D eigenvalue weighted by molar-refractivity contribution is 7.91. The first kappa shape index (κ1) is 9.48. The van der Waals surface area contributed by atoms with Gasteiger partial charge >= 0.3 is 0 Å². The van der Waals surface area contributed by atoms with Gasteiger partial charge in [0.2, 0.25) is 0 Å². The number of nitrogens with zero attached hydrogens (tertiary/aromatic N) is 1. The third-order valence-corrected chi connectivity index (χ3v) is 4.15. The molecular formula is C9H11NO3S. The van der Waals surface area contributed by atoms with Crippen LogP contribution in [-0.2, 0) is 9.84 Å². The Labute approximate surface area is 82.7 Å². The van der Waals surface area contributed by atoms with Crippen molar-refractivity contribution in [1.29, 1.82) is 0 Å². The van der Waals surface area contributed by atoms with Gasteiger partial charge in [-0.3, -0.25) is 0 Å². The van der Waals surface area contributed by atoms with Crippen molar-refractivity contribution in [3.8, 4) is 0 Å². The van der Waals surface area contributed by atoms with E-state index in [4.69, 9.17) is 0 Å². The lowest BCUT2D eigenvalue weighted by atomic mass is 10.3. The predicted molar refractivity (Wildman–Crippen MR) is 52.9 cm³/mol. The Kier molecular flexibility index (Phi) is 2.01. The molecule has 2 rings (SSSR count). The molecule has 76 valence electrons. The quantitative estimate of drug-likeness (QED) is 0.670. The van der Waals surface area contributed by atoms with E-state index in [2.05, 4.69) is 0 Å². The molecule has 0 saturated heterocycles. The summed E-state index contributed by atoms with van der Waals surface area (Å²) in [7, 11) is -1.64. The third-order valence-electron chi connectivity index (χ3n) is 2.40. The minimum absolute atomic E-state index is 0.236. The molecule has 1 heterocycles. The van der Waals surface area contributed by atoms with E-state index < -0.39 is 16.1 Å². The summed E-state index contributed by atoms with van der Waals surface area (Å²) >= 11 is 0. The van der Waals surface area contributed by atoms with Gasteiger partial charge in [-0.15, -0.1) is 0 Å². The lowest BCUT2D eigenvalue weighted by Gasteiger charge is -2.31. The molecule has 0 radical (unpaired) electrons. The van der Waals surface area contributed by atoms with Gasteiger partial charge in [-0.05, 0) is 12.1 Å². The van der Waals surface area contributed by atoms with Gasteiger partial charge in [-0.25, -0.2) is 8.42 Å². The average Bonchev–Trinajstić information content (AvgIpc) is 2.14. The van der Waals surface area contributed by atoms with Crippen LogP contribution < -0.4 is 4.90 Å². The maximum absolute atomic E-state index is 11.6. The Morgan fingerprint density at radius 2 is 2.07 bits per heavy atom. The van der Waals surface area contributed by atoms with E-state index in [0.717, 1.165) is 0 Å². The van der Waals surface area contributed by atoms with Crippen molar-refractivity contribution in [1.82, 2.24) is 0 Å². The normalized spacial score (nSPS) is 24.4. The molecule has 1 unspecified atom stereocenters. The second-order valence-electron chi connectivity index (χ2n) is 3.34. The van der Waals surface area contributed by atoms with E-state index in [1.54, 1.807) is 36.2 Å². The number of hydrogen-bond donors (Lipinski definition) is 1. The summed E-state index contributed by atoms with van der Waals surface area (Å²) in [6, 6.07) is 6.69. The van der Waals surface area contributed by atoms with Gasteiger partial charge in [-0.2, -0.15) is 0 Å². The van der Waals surface area contributed by atoms with Gasteiger partial charge in [0.1, 0.15) is 6.23 Å². The number of anilines is 1. The van der Waals surface area contributed by atoms with Gasteiger partial charge in [0, 0.05) is 7.05 Å². The highest BCUT2D eigenvalue weighted by atomic mass is 32.2. The van der Waals surface area contributed by atoms with Gasteiger partial charge in [0.15, 0.2) is 9.84 Å². The topological polar surface area (TPSA) is 57.6 Å². The monoisotopic (exact) mass is 213 g/mol. The van der Waals surface area contributed by atoms with E-state index in [9.17, 15) is 13.5 Å². The van der Waals surface area contributed by atoms with E-state index in [1.807, 2.05) is 0 Å². The van der Waals surface area contributed by atoms with E-state index in [1.165, 1.54) is 0 Å². The molecule has 1 aromatic carbocycles. The number of sulfone groups is 1. The zero-order valence-corrected chi connectivity index (χ0v) is 8.53. The van der Waals surface area contributed by atoms with Crippen LogP contribution in [-0.4, -0.2) is 32.6 Å². The van der Waals surface area contributed by atoms with Crippen LogP contribution in [0.2, 0.25) is 0 Å².